The maximum atomic E-state index is 9.23. The number of nitrogens with zero attached hydrogens (tertiary/aromatic N) is 1. The first-order valence-electron chi connectivity index (χ1n) is 6.45. The Hall–Kier alpha value is -0.710. The zero-order valence-electron chi connectivity index (χ0n) is 10.8. The second kappa shape index (κ2) is 7.02. The molecule has 0 amide bonds. The Morgan fingerprint density at radius 3 is 2.83 bits per heavy atom. The molecule has 1 N–H and O–H groups in total. The first kappa shape index (κ1) is 13.7. The van der Waals surface area contributed by atoms with E-state index in [4.69, 9.17) is 4.74 Å². The second-order valence-corrected chi connectivity index (χ2v) is 5.42. The molecule has 100 valence electrons. The molecular weight excluding hydrogens is 246 g/mol. The van der Waals surface area contributed by atoms with Gasteiger partial charge in [0.25, 0.3) is 0 Å². The van der Waals surface area contributed by atoms with Crippen molar-refractivity contribution in [3.8, 4) is 5.75 Å². The predicted molar refractivity (Wildman–Crippen MR) is 75.4 cm³/mol. The summed E-state index contributed by atoms with van der Waals surface area (Å²) >= 11 is 1.73. The Morgan fingerprint density at radius 2 is 2.17 bits per heavy atom. The highest BCUT2D eigenvalue weighted by atomic mass is 32.2. The molecule has 1 saturated heterocycles. The minimum absolute atomic E-state index is 0.266. The van der Waals surface area contributed by atoms with Gasteiger partial charge in [0.1, 0.15) is 12.4 Å². The molecule has 1 aliphatic rings. The molecular formula is C14H21NO2S. The van der Waals surface area contributed by atoms with Crippen molar-refractivity contribution in [1.29, 1.82) is 0 Å². The van der Waals surface area contributed by atoms with Gasteiger partial charge in [0.2, 0.25) is 0 Å². The van der Waals surface area contributed by atoms with Crippen molar-refractivity contribution >= 4 is 11.8 Å². The lowest BCUT2D eigenvalue weighted by atomic mass is 10.2. The van der Waals surface area contributed by atoms with Crippen LogP contribution in [0, 0.1) is 0 Å². The van der Waals surface area contributed by atoms with Gasteiger partial charge in [0.15, 0.2) is 0 Å². The van der Waals surface area contributed by atoms with Crippen LogP contribution in [0.4, 0.5) is 0 Å². The van der Waals surface area contributed by atoms with Crippen LogP contribution in [0.1, 0.15) is 12.8 Å². The van der Waals surface area contributed by atoms with Crippen LogP contribution >= 0.6 is 11.8 Å². The van der Waals surface area contributed by atoms with E-state index >= 15 is 0 Å². The fourth-order valence-corrected chi connectivity index (χ4v) is 2.76. The molecule has 1 aromatic rings. The van der Waals surface area contributed by atoms with Gasteiger partial charge >= 0.3 is 0 Å². The van der Waals surface area contributed by atoms with Gasteiger partial charge in [-0.1, -0.05) is 0 Å². The van der Waals surface area contributed by atoms with Gasteiger partial charge in [0, 0.05) is 17.5 Å². The van der Waals surface area contributed by atoms with Crippen molar-refractivity contribution in [2.75, 3.05) is 32.6 Å². The summed E-state index contributed by atoms with van der Waals surface area (Å²) in [6.45, 7) is 2.94. The van der Waals surface area contributed by atoms with Crippen LogP contribution in [-0.4, -0.2) is 48.6 Å². The molecule has 18 heavy (non-hydrogen) atoms. The third-order valence-corrected chi connectivity index (χ3v) is 4.16. The lowest BCUT2D eigenvalue weighted by Crippen LogP contribution is -2.35. The summed E-state index contributed by atoms with van der Waals surface area (Å²) in [7, 11) is 0. The highest BCUT2D eigenvalue weighted by Crippen LogP contribution is 2.19. The van der Waals surface area contributed by atoms with Crippen LogP contribution in [-0.2, 0) is 0 Å². The van der Waals surface area contributed by atoms with Crippen molar-refractivity contribution in [2.45, 2.75) is 23.8 Å². The zero-order chi connectivity index (χ0) is 12.8. The fourth-order valence-electron chi connectivity index (χ4n) is 2.35. The van der Waals surface area contributed by atoms with E-state index in [9.17, 15) is 5.11 Å². The van der Waals surface area contributed by atoms with Crippen molar-refractivity contribution in [1.82, 2.24) is 4.90 Å². The summed E-state index contributed by atoms with van der Waals surface area (Å²) in [6.07, 6.45) is 4.37. The van der Waals surface area contributed by atoms with Crippen LogP contribution in [0.15, 0.2) is 29.2 Å². The van der Waals surface area contributed by atoms with Gasteiger partial charge < -0.3 is 9.84 Å². The van der Waals surface area contributed by atoms with Crippen molar-refractivity contribution in [2.24, 2.45) is 0 Å². The van der Waals surface area contributed by atoms with E-state index in [-0.39, 0.29) is 6.61 Å². The first-order valence-corrected chi connectivity index (χ1v) is 7.67. The highest BCUT2D eigenvalue weighted by Gasteiger charge is 2.22. The molecule has 0 spiro atoms. The molecule has 3 nitrogen and oxygen atoms in total. The van der Waals surface area contributed by atoms with Crippen LogP contribution in [0.25, 0.3) is 0 Å². The Kier molecular flexibility index (Phi) is 5.35. The van der Waals surface area contributed by atoms with Crippen LogP contribution in [0.3, 0.4) is 0 Å². The number of aliphatic hydroxyl groups is 1. The summed E-state index contributed by atoms with van der Waals surface area (Å²) in [5.74, 6) is 0.924. The highest BCUT2D eigenvalue weighted by molar-refractivity contribution is 7.98. The molecule has 1 atom stereocenters. The molecule has 1 fully saturated rings. The number of benzene rings is 1. The fraction of sp³-hybridized carbons (Fsp3) is 0.571. The molecule has 0 radical (unpaired) electrons. The molecule has 0 saturated carbocycles. The van der Waals surface area contributed by atoms with E-state index < -0.39 is 0 Å². The maximum absolute atomic E-state index is 9.23. The Balaban J connectivity index is 1.74. The summed E-state index contributed by atoms with van der Waals surface area (Å²) in [4.78, 5) is 3.57. The van der Waals surface area contributed by atoms with Gasteiger partial charge in [-0.3, -0.25) is 4.90 Å². The number of likely N-dealkylation sites (tertiary alicyclic amines) is 1. The van der Waals surface area contributed by atoms with Crippen molar-refractivity contribution < 1.29 is 9.84 Å². The Labute approximate surface area is 113 Å². The van der Waals surface area contributed by atoms with E-state index in [1.54, 1.807) is 11.8 Å². The van der Waals surface area contributed by atoms with Crippen LogP contribution < -0.4 is 4.74 Å². The number of thioether (sulfide) groups is 1. The molecule has 0 bridgehead atoms. The SMILES string of the molecule is CSc1ccc(OCCN2CCCC2CO)cc1. The molecule has 1 aromatic carbocycles. The van der Waals surface area contributed by atoms with E-state index in [1.807, 2.05) is 12.1 Å². The van der Waals surface area contributed by atoms with Crippen molar-refractivity contribution in [3.63, 3.8) is 0 Å². The molecule has 0 aromatic heterocycles. The molecule has 2 rings (SSSR count). The van der Waals surface area contributed by atoms with Crippen LogP contribution in [0.5, 0.6) is 5.75 Å². The van der Waals surface area contributed by atoms with E-state index in [1.165, 1.54) is 11.3 Å². The number of ether oxygens (including phenoxy) is 1. The van der Waals surface area contributed by atoms with E-state index in [0.717, 1.165) is 25.3 Å². The molecule has 1 heterocycles. The van der Waals surface area contributed by atoms with Gasteiger partial charge in [-0.2, -0.15) is 0 Å². The Bertz CT molecular complexity index is 355. The van der Waals surface area contributed by atoms with Gasteiger partial charge in [-0.05, 0) is 49.9 Å². The lowest BCUT2D eigenvalue weighted by Gasteiger charge is -2.22. The first-order chi connectivity index (χ1) is 8.83. The second-order valence-electron chi connectivity index (χ2n) is 4.54. The minimum Gasteiger partial charge on any atom is -0.492 e. The third-order valence-electron chi connectivity index (χ3n) is 3.42. The largest absolute Gasteiger partial charge is 0.492 e. The number of rotatable bonds is 6. The summed E-state index contributed by atoms with van der Waals surface area (Å²) in [5.41, 5.74) is 0. The Morgan fingerprint density at radius 1 is 1.39 bits per heavy atom. The van der Waals surface area contributed by atoms with E-state index in [2.05, 4.69) is 23.3 Å². The summed E-state index contributed by atoms with van der Waals surface area (Å²) in [6, 6.07) is 8.52. The standard InChI is InChI=1S/C14H21NO2S/c1-18-14-6-4-13(5-7-14)17-10-9-15-8-2-3-12(15)11-16/h4-7,12,16H,2-3,8-11H2,1H3. The number of hydrogen-bond donors (Lipinski definition) is 1. The topological polar surface area (TPSA) is 32.7 Å². The quantitative estimate of drug-likeness (QED) is 0.801. The maximum Gasteiger partial charge on any atom is 0.119 e. The smallest absolute Gasteiger partial charge is 0.119 e. The molecule has 1 aliphatic heterocycles. The van der Waals surface area contributed by atoms with Crippen molar-refractivity contribution in [3.05, 3.63) is 24.3 Å². The van der Waals surface area contributed by atoms with Gasteiger partial charge in [-0.15, -0.1) is 11.8 Å². The monoisotopic (exact) mass is 267 g/mol. The number of aliphatic hydroxyl groups excluding tert-OH is 1. The summed E-state index contributed by atoms with van der Waals surface area (Å²) in [5, 5.41) is 9.23. The van der Waals surface area contributed by atoms with Gasteiger partial charge in [-0.25, -0.2) is 0 Å². The zero-order valence-corrected chi connectivity index (χ0v) is 11.7. The van der Waals surface area contributed by atoms with Gasteiger partial charge in [0.05, 0.1) is 6.61 Å². The average molecular weight is 267 g/mol. The molecule has 1 unspecified atom stereocenters. The molecule has 0 aliphatic carbocycles. The summed E-state index contributed by atoms with van der Waals surface area (Å²) < 4.78 is 5.73. The predicted octanol–water partition coefficient (Wildman–Crippen LogP) is 2.24. The lowest BCUT2D eigenvalue weighted by molar-refractivity contribution is 0.139. The third kappa shape index (κ3) is 3.64. The number of hydrogen-bond acceptors (Lipinski definition) is 4. The average Bonchev–Trinajstić information content (AvgIpc) is 2.87. The normalized spacial score (nSPS) is 20.2. The van der Waals surface area contributed by atoms with Crippen LogP contribution in [0.2, 0.25) is 0 Å². The van der Waals surface area contributed by atoms with E-state index in [0.29, 0.717) is 12.6 Å². The molecule has 4 heteroatoms. The minimum atomic E-state index is 0.266.